The number of hydrogen-bond acceptors (Lipinski definition) is 6. The molecule has 0 atom stereocenters. The molecule has 0 radical (unpaired) electrons. The van der Waals surface area contributed by atoms with Crippen molar-refractivity contribution in [1.82, 2.24) is 19.9 Å². The molecule has 1 N–H and O–H groups in total. The lowest BCUT2D eigenvalue weighted by Crippen LogP contribution is -2.27. The number of nitrogens with zero attached hydrogens (tertiary/aromatic N) is 3. The highest BCUT2D eigenvalue weighted by Gasteiger charge is 2.19. The monoisotopic (exact) mass is 284 g/mol. The van der Waals surface area contributed by atoms with Gasteiger partial charge in [-0.3, -0.25) is 0 Å². The van der Waals surface area contributed by atoms with Crippen LogP contribution in [0.2, 0.25) is 0 Å². The van der Waals surface area contributed by atoms with E-state index in [2.05, 4.69) is 19.7 Å². The molecule has 0 aliphatic carbocycles. The number of rotatable bonds is 6. The third-order valence-corrected chi connectivity index (χ3v) is 4.11. The Morgan fingerprint density at radius 2 is 2.11 bits per heavy atom. The minimum atomic E-state index is -3.59. The minimum absolute atomic E-state index is 0.0936. The summed E-state index contributed by atoms with van der Waals surface area (Å²) in [4.78, 5) is 2.09. The molecule has 0 saturated carbocycles. The van der Waals surface area contributed by atoms with Gasteiger partial charge in [0.25, 0.3) is 0 Å². The lowest BCUT2D eigenvalue weighted by molar-refractivity contribution is 0.315. The van der Waals surface area contributed by atoms with Gasteiger partial charge in [-0.25, -0.2) is 17.8 Å². The van der Waals surface area contributed by atoms with Crippen LogP contribution in [-0.4, -0.2) is 50.8 Å². The first kappa shape index (κ1) is 13.9. The Morgan fingerprint density at radius 1 is 1.32 bits per heavy atom. The molecular formula is C11H16N4O3S. The van der Waals surface area contributed by atoms with Gasteiger partial charge < -0.3 is 4.90 Å². The molecular weight excluding hydrogens is 268 g/mol. The average molecular weight is 284 g/mol. The van der Waals surface area contributed by atoms with Gasteiger partial charge in [0.15, 0.2) is 5.52 Å². The number of hydrogen-bond donors (Lipinski definition) is 1. The Morgan fingerprint density at radius 3 is 2.84 bits per heavy atom. The highest BCUT2D eigenvalue weighted by Crippen LogP contribution is 2.19. The Hall–Kier alpha value is -1.51. The van der Waals surface area contributed by atoms with Crippen LogP contribution in [0, 0.1) is 0 Å². The zero-order valence-corrected chi connectivity index (χ0v) is 11.6. The second kappa shape index (κ2) is 5.64. The molecule has 0 fully saturated rings. The summed E-state index contributed by atoms with van der Waals surface area (Å²) < 4.78 is 31.4. The molecule has 19 heavy (non-hydrogen) atoms. The molecule has 0 bridgehead atoms. The third-order valence-electron chi connectivity index (χ3n) is 2.61. The van der Waals surface area contributed by atoms with Crippen molar-refractivity contribution in [1.29, 1.82) is 0 Å². The van der Waals surface area contributed by atoms with Gasteiger partial charge in [0.1, 0.15) is 10.4 Å². The molecule has 0 saturated heterocycles. The molecule has 2 aromatic rings. The topological polar surface area (TPSA) is 88.3 Å². The van der Waals surface area contributed by atoms with Crippen molar-refractivity contribution in [2.45, 2.75) is 11.3 Å². The second-order valence-corrected chi connectivity index (χ2v) is 6.18. The molecule has 1 aromatic heterocycles. The van der Waals surface area contributed by atoms with Crippen LogP contribution in [0.5, 0.6) is 0 Å². The molecule has 1 heterocycles. The van der Waals surface area contributed by atoms with Gasteiger partial charge in [-0.2, -0.15) is 0 Å². The molecule has 0 unspecified atom stereocenters. The van der Waals surface area contributed by atoms with Crippen molar-refractivity contribution in [2.75, 3.05) is 27.2 Å². The first-order valence-electron chi connectivity index (χ1n) is 5.86. The highest BCUT2D eigenvalue weighted by molar-refractivity contribution is 7.89. The second-order valence-electron chi connectivity index (χ2n) is 4.44. The Kier molecular flexibility index (Phi) is 4.13. The maximum atomic E-state index is 12.2. The quantitative estimate of drug-likeness (QED) is 0.775. The van der Waals surface area contributed by atoms with Gasteiger partial charge in [-0.1, -0.05) is 6.07 Å². The molecule has 0 aliphatic rings. The van der Waals surface area contributed by atoms with Gasteiger partial charge in [-0.05, 0) is 49.5 Å². The number of fused-ring (bicyclic) bond motifs is 1. The summed E-state index contributed by atoms with van der Waals surface area (Å²) in [6.45, 7) is 1.19. The van der Waals surface area contributed by atoms with Gasteiger partial charge in [0.2, 0.25) is 10.0 Å². The minimum Gasteiger partial charge on any atom is -0.309 e. The number of sulfonamides is 1. The molecule has 0 spiro atoms. The summed E-state index contributed by atoms with van der Waals surface area (Å²) >= 11 is 0. The van der Waals surface area contributed by atoms with Crippen LogP contribution in [0.25, 0.3) is 11.0 Å². The highest BCUT2D eigenvalue weighted by atomic mass is 32.2. The lowest BCUT2D eigenvalue weighted by atomic mass is 10.3. The van der Waals surface area contributed by atoms with E-state index in [4.69, 9.17) is 0 Å². The van der Waals surface area contributed by atoms with E-state index in [9.17, 15) is 8.42 Å². The van der Waals surface area contributed by atoms with Gasteiger partial charge in [0, 0.05) is 6.54 Å². The van der Waals surface area contributed by atoms with E-state index in [0.29, 0.717) is 12.1 Å². The fourth-order valence-electron chi connectivity index (χ4n) is 1.68. The van der Waals surface area contributed by atoms with E-state index in [1.165, 1.54) is 6.07 Å². The van der Waals surface area contributed by atoms with Gasteiger partial charge in [-0.15, -0.1) is 0 Å². The first-order valence-corrected chi connectivity index (χ1v) is 7.35. The molecule has 0 aliphatic heterocycles. The first-order chi connectivity index (χ1) is 9.00. The van der Waals surface area contributed by atoms with Crippen molar-refractivity contribution in [2.24, 2.45) is 0 Å². The molecule has 0 amide bonds. The summed E-state index contributed by atoms with van der Waals surface area (Å²) in [5.41, 5.74) is 0.679. The van der Waals surface area contributed by atoms with E-state index < -0.39 is 10.0 Å². The normalized spacial score (nSPS) is 12.4. The van der Waals surface area contributed by atoms with E-state index >= 15 is 0 Å². The van der Waals surface area contributed by atoms with Crippen LogP contribution in [0.3, 0.4) is 0 Å². The summed E-state index contributed by atoms with van der Waals surface area (Å²) in [7, 11) is 0.296. The molecule has 104 valence electrons. The van der Waals surface area contributed by atoms with E-state index in [1.54, 1.807) is 12.1 Å². The SMILES string of the molecule is CN(C)CCCNS(=O)(=O)c1cccc2nonc12. The van der Waals surface area contributed by atoms with Crippen LogP contribution < -0.4 is 4.72 Å². The fraction of sp³-hybridized carbons (Fsp3) is 0.455. The van der Waals surface area contributed by atoms with E-state index in [0.717, 1.165) is 13.0 Å². The predicted molar refractivity (Wildman–Crippen MR) is 70.2 cm³/mol. The van der Waals surface area contributed by atoms with Crippen LogP contribution >= 0.6 is 0 Å². The van der Waals surface area contributed by atoms with Crippen molar-refractivity contribution >= 4 is 21.1 Å². The Labute approximate surface area is 111 Å². The standard InChI is InChI=1S/C11H16N4O3S/c1-15(2)8-4-7-12-19(16,17)10-6-3-5-9-11(10)14-18-13-9/h3,5-6,12H,4,7-8H2,1-2H3. The van der Waals surface area contributed by atoms with Crippen molar-refractivity contribution < 1.29 is 13.0 Å². The molecule has 1 aromatic carbocycles. The lowest BCUT2D eigenvalue weighted by Gasteiger charge is -2.10. The van der Waals surface area contributed by atoms with Crippen molar-refractivity contribution in [3.05, 3.63) is 18.2 Å². The van der Waals surface area contributed by atoms with Crippen molar-refractivity contribution in [3.8, 4) is 0 Å². The van der Waals surface area contributed by atoms with Gasteiger partial charge >= 0.3 is 0 Å². The van der Waals surface area contributed by atoms with Crippen molar-refractivity contribution in [3.63, 3.8) is 0 Å². The van der Waals surface area contributed by atoms with E-state index in [-0.39, 0.29) is 10.4 Å². The number of benzene rings is 1. The Bertz CT molecular complexity index is 651. The maximum Gasteiger partial charge on any atom is 0.242 e. The predicted octanol–water partition coefficient (Wildman–Crippen LogP) is 0.453. The van der Waals surface area contributed by atoms with Crippen LogP contribution in [0.4, 0.5) is 0 Å². The number of nitrogens with one attached hydrogen (secondary N) is 1. The summed E-state index contributed by atoms with van der Waals surface area (Å²) in [5.74, 6) is 0. The number of aromatic nitrogens is 2. The van der Waals surface area contributed by atoms with Gasteiger partial charge in [0.05, 0.1) is 0 Å². The summed E-state index contributed by atoms with van der Waals surface area (Å²) in [5, 5.41) is 7.26. The largest absolute Gasteiger partial charge is 0.309 e. The molecule has 2 rings (SSSR count). The average Bonchev–Trinajstić information content (AvgIpc) is 2.82. The third kappa shape index (κ3) is 3.28. The van der Waals surface area contributed by atoms with E-state index in [1.807, 2.05) is 19.0 Å². The smallest absolute Gasteiger partial charge is 0.242 e. The molecule has 7 nitrogen and oxygen atoms in total. The zero-order chi connectivity index (χ0) is 13.9. The molecule has 8 heteroatoms. The van der Waals surface area contributed by atoms with Crippen LogP contribution in [-0.2, 0) is 10.0 Å². The maximum absolute atomic E-state index is 12.2. The fourth-order valence-corrected chi connectivity index (χ4v) is 2.90. The zero-order valence-electron chi connectivity index (χ0n) is 10.8. The summed E-state index contributed by atoms with van der Waals surface area (Å²) in [6.07, 6.45) is 0.735. The summed E-state index contributed by atoms with van der Waals surface area (Å²) in [6, 6.07) is 4.75. The Balaban J connectivity index is 2.13. The van der Waals surface area contributed by atoms with Crippen LogP contribution in [0.15, 0.2) is 27.7 Å². The van der Waals surface area contributed by atoms with Crippen LogP contribution in [0.1, 0.15) is 6.42 Å².